The van der Waals surface area contributed by atoms with Crippen LogP contribution in [0.25, 0.3) is 0 Å². The fraction of sp³-hybridized carbons (Fsp3) is 0.903. The number of aliphatic hydroxyl groups excluding tert-OH is 2. The van der Waals surface area contributed by atoms with Gasteiger partial charge in [0.1, 0.15) is 0 Å². The molecule has 0 aromatic rings. The molecule has 0 spiro atoms. The third-order valence-electron chi connectivity index (χ3n) is 14.2. The highest BCUT2D eigenvalue weighted by Crippen LogP contribution is 2.17. The van der Waals surface area contributed by atoms with Gasteiger partial charge in [0.25, 0.3) is 0 Å². The lowest BCUT2D eigenvalue weighted by Gasteiger charge is -2.22. The van der Waals surface area contributed by atoms with E-state index in [1.807, 2.05) is 0 Å². The number of aliphatic hydroxyl groups is 2. The maximum Gasteiger partial charge on any atom is 0.305 e. The zero-order valence-electron chi connectivity index (χ0n) is 45.9. The minimum absolute atomic E-state index is 0.00286. The number of amides is 1. The number of ether oxygens (including phenoxy) is 1. The van der Waals surface area contributed by atoms with Gasteiger partial charge in [-0.05, 0) is 77.0 Å². The number of carbonyl (C=O) groups is 2. The smallest absolute Gasteiger partial charge is 0.305 e. The molecule has 1 amide bonds. The molecule has 0 aliphatic rings. The summed E-state index contributed by atoms with van der Waals surface area (Å²) >= 11 is 0. The van der Waals surface area contributed by atoms with E-state index < -0.39 is 12.1 Å². The average Bonchev–Trinajstić information content (AvgIpc) is 3.34. The topological polar surface area (TPSA) is 95.9 Å². The van der Waals surface area contributed by atoms with E-state index in [2.05, 4.69) is 43.5 Å². The number of unbranched alkanes of at least 4 members (excludes halogenated alkanes) is 42. The number of hydrogen-bond donors (Lipinski definition) is 3. The van der Waals surface area contributed by atoms with Crippen LogP contribution in [0.5, 0.6) is 0 Å². The van der Waals surface area contributed by atoms with Crippen LogP contribution < -0.4 is 5.32 Å². The van der Waals surface area contributed by atoms with Gasteiger partial charge in [0, 0.05) is 12.8 Å². The molecule has 0 aliphatic carbocycles. The van der Waals surface area contributed by atoms with E-state index in [0.717, 1.165) is 44.9 Å². The lowest BCUT2D eigenvalue weighted by Crippen LogP contribution is -2.45. The predicted octanol–water partition coefficient (Wildman–Crippen LogP) is 19.0. The maximum absolute atomic E-state index is 12.5. The van der Waals surface area contributed by atoms with Crippen molar-refractivity contribution in [3.05, 3.63) is 24.3 Å². The molecule has 68 heavy (non-hydrogen) atoms. The second-order valence-corrected chi connectivity index (χ2v) is 21.0. The van der Waals surface area contributed by atoms with E-state index in [9.17, 15) is 19.8 Å². The normalized spacial score (nSPS) is 12.7. The summed E-state index contributed by atoms with van der Waals surface area (Å²) < 4.78 is 5.48. The van der Waals surface area contributed by atoms with Gasteiger partial charge in [-0.2, -0.15) is 0 Å². The molecule has 6 nitrogen and oxygen atoms in total. The molecule has 0 rings (SSSR count). The Labute approximate surface area is 424 Å². The van der Waals surface area contributed by atoms with Crippen LogP contribution in [0.15, 0.2) is 24.3 Å². The molecule has 0 aliphatic heterocycles. The van der Waals surface area contributed by atoms with Crippen LogP contribution in [0, 0.1) is 0 Å². The van der Waals surface area contributed by atoms with E-state index in [1.165, 1.54) is 257 Å². The van der Waals surface area contributed by atoms with Crippen molar-refractivity contribution in [2.45, 2.75) is 347 Å². The third kappa shape index (κ3) is 53.7. The Morgan fingerprint density at radius 1 is 0.397 bits per heavy atom. The molecule has 3 N–H and O–H groups in total. The summed E-state index contributed by atoms with van der Waals surface area (Å²) in [6, 6.07) is -0.546. The molecule has 0 bridgehead atoms. The molecule has 0 saturated heterocycles. The molecule has 0 aromatic heterocycles. The summed E-state index contributed by atoms with van der Waals surface area (Å²) in [6.45, 7) is 4.95. The maximum atomic E-state index is 12.5. The number of esters is 1. The summed E-state index contributed by atoms with van der Waals surface area (Å²) in [5.74, 6) is -0.0384. The highest BCUT2D eigenvalue weighted by atomic mass is 16.5. The molecule has 0 heterocycles. The van der Waals surface area contributed by atoms with Crippen molar-refractivity contribution in [1.29, 1.82) is 0 Å². The first-order valence-corrected chi connectivity index (χ1v) is 30.6. The molecular formula is C62H119NO5. The zero-order chi connectivity index (χ0) is 49.3. The zero-order valence-corrected chi connectivity index (χ0v) is 45.9. The van der Waals surface area contributed by atoms with Crippen LogP contribution in [-0.4, -0.2) is 47.4 Å². The van der Waals surface area contributed by atoms with Crippen molar-refractivity contribution in [3.8, 4) is 0 Å². The van der Waals surface area contributed by atoms with Gasteiger partial charge in [0.2, 0.25) is 5.91 Å². The van der Waals surface area contributed by atoms with Crippen LogP contribution in [0.3, 0.4) is 0 Å². The Bertz CT molecular complexity index is 1060. The minimum Gasteiger partial charge on any atom is -0.466 e. The van der Waals surface area contributed by atoms with Gasteiger partial charge < -0.3 is 20.3 Å². The highest BCUT2D eigenvalue weighted by molar-refractivity contribution is 5.76. The van der Waals surface area contributed by atoms with Gasteiger partial charge in [0.05, 0.1) is 25.4 Å². The van der Waals surface area contributed by atoms with E-state index >= 15 is 0 Å². The lowest BCUT2D eigenvalue weighted by molar-refractivity contribution is -0.143. The van der Waals surface area contributed by atoms with Crippen molar-refractivity contribution < 1.29 is 24.5 Å². The van der Waals surface area contributed by atoms with Crippen molar-refractivity contribution in [1.82, 2.24) is 5.32 Å². The van der Waals surface area contributed by atoms with Crippen LogP contribution in [0.4, 0.5) is 0 Å². The second-order valence-electron chi connectivity index (χ2n) is 21.0. The average molecular weight is 959 g/mol. The SMILES string of the molecule is CCCCCCCCC/C=C\CCCCCCCC(=O)OCCCCCCCCCCCCC/C=C\CCCCCCCCCC(=O)NC(CO)C(O)CCCCCCCCCCCCCCC. The van der Waals surface area contributed by atoms with Gasteiger partial charge in [-0.25, -0.2) is 0 Å². The molecule has 0 fully saturated rings. The summed E-state index contributed by atoms with van der Waals surface area (Å²) in [5, 5.41) is 23.2. The molecule has 6 heteroatoms. The fourth-order valence-corrected chi connectivity index (χ4v) is 9.51. The number of hydrogen-bond acceptors (Lipinski definition) is 5. The molecule has 0 radical (unpaired) electrons. The van der Waals surface area contributed by atoms with Crippen molar-refractivity contribution in [2.24, 2.45) is 0 Å². The summed E-state index contributed by atoms with van der Waals surface area (Å²) in [5.41, 5.74) is 0. The first-order valence-electron chi connectivity index (χ1n) is 30.6. The van der Waals surface area contributed by atoms with Crippen LogP contribution >= 0.6 is 0 Å². The first-order chi connectivity index (χ1) is 33.5. The van der Waals surface area contributed by atoms with Gasteiger partial charge >= 0.3 is 5.97 Å². The first kappa shape index (κ1) is 66.3. The summed E-state index contributed by atoms with van der Waals surface area (Å²) in [7, 11) is 0. The van der Waals surface area contributed by atoms with E-state index in [-0.39, 0.29) is 18.5 Å². The molecule has 2 atom stereocenters. The molecule has 0 saturated carbocycles. The standard InChI is InChI=1S/C62H119NO5/c1-3-5-7-9-11-13-15-17-18-28-32-36-40-44-48-52-56-62(67)68-57-53-49-45-41-37-33-29-26-24-22-20-19-21-23-25-27-31-35-39-43-47-51-55-61(66)63-59(58-64)60(65)54-50-46-42-38-34-30-16-14-12-10-8-6-4-2/h18,21,23,28,59-60,64-65H,3-17,19-20,22,24-27,29-58H2,1-2H3,(H,63,66)/b23-21-,28-18-. The Morgan fingerprint density at radius 2 is 0.691 bits per heavy atom. The van der Waals surface area contributed by atoms with E-state index in [1.54, 1.807) is 0 Å². The Hall–Kier alpha value is -1.66. The van der Waals surface area contributed by atoms with E-state index in [0.29, 0.717) is 25.9 Å². The van der Waals surface area contributed by atoms with Gasteiger partial charge in [-0.1, -0.05) is 269 Å². The molecule has 0 aromatic carbocycles. The van der Waals surface area contributed by atoms with Crippen molar-refractivity contribution in [3.63, 3.8) is 0 Å². The largest absolute Gasteiger partial charge is 0.466 e. The van der Waals surface area contributed by atoms with Crippen LogP contribution in [0.1, 0.15) is 335 Å². The van der Waals surface area contributed by atoms with Gasteiger partial charge in [0.15, 0.2) is 0 Å². The quantitative estimate of drug-likeness (QED) is 0.0321. The van der Waals surface area contributed by atoms with Crippen LogP contribution in [-0.2, 0) is 14.3 Å². The molecule has 402 valence electrons. The molecule has 2 unspecified atom stereocenters. The monoisotopic (exact) mass is 958 g/mol. The Morgan fingerprint density at radius 3 is 1.04 bits per heavy atom. The number of carbonyl (C=O) groups excluding carboxylic acids is 2. The molecular weight excluding hydrogens is 839 g/mol. The van der Waals surface area contributed by atoms with E-state index in [4.69, 9.17) is 4.74 Å². The van der Waals surface area contributed by atoms with Gasteiger partial charge in [-0.3, -0.25) is 9.59 Å². The summed E-state index contributed by atoms with van der Waals surface area (Å²) in [4.78, 5) is 24.5. The van der Waals surface area contributed by atoms with Crippen molar-refractivity contribution >= 4 is 11.9 Å². The third-order valence-corrected chi connectivity index (χ3v) is 14.2. The fourth-order valence-electron chi connectivity index (χ4n) is 9.51. The highest BCUT2D eigenvalue weighted by Gasteiger charge is 2.20. The Kier molecular flexibility index (Phi) is 56.5. The predicted molar refractivity (Wildman–Crippen MR) is 296 cm³/mol. The number of rotatable bonds is 57. The van der Waals surface area contributed by atoms with Crippen molar-refractivity contribution in [2.75, 3.05) is 13.2 Å². The van der Waals surface area contributed by atoms with Gasteiger partial charge in [-0.15, -0.1) is 0 Å². The lowest BCUT2D eigenvalue weighted by atomic mass is 10.0. The van der Waals surface area contributed by atoms with Crippen LogP contribution in [0.2, 0.25) is 0 Å². The summed E-state index contributed by atoms with van der Waals surface area (Å²) in [6.07, 6.45) is 70.4. The number of allylic oxidation sites excluding steroid dienone is 4. The number of nitrogens with one attached hydrogen (secondary N) is 1. The minimum atomic E-state index is -0.668. The Balaban J connectivity index is 3.40. The second kappa shape index (κ2) is 57.9.